The van der Waals surface area contributed by atoms with Gasteiger partial charge >= 0.3 is 0 Å². The van der Waals surface area contributed by atoms with Crippen LogP contribution in [0.25, 0.3) is 0 Å². The molecule has 2 bridgehead atoms. The van der Waals surface area contributed by atoms with Crippen LogP contribution in [0.2, 0.25) is 0 Å². The van der Waals surface area contributed by atoms with Gasteiger partial charge in [-0.3, -0.25) is 4.99 Å². The molecule has 3 rings (SSSR count). The molecule has 0 radical (unpaired) electrons. The molecule has 0 spiro atoms. The van der Waals surface area contributed by atoms with Crippen molar-refractivity contribution in [2.45, 2.75) is 95.9 Å². The van der Waals surface area contributed by atoms with Crippen LogP contribution in [0.1, 0.15) is 71.6 Å². The largest absolute Gasteiger partial charge is 0.392 e. The van der Waals surface area contributed by atoms with E-state index in [2.05, 4.69) is 36.4 Å². The Kier molecular flexibility index (Phi) is 6.26. The summed E-state index contributed by atoms with van der Waals surface area (Å²) >= 11 is 0. The number of aliphatic hydroxyl groups excluding tert-OH is 1. The van der Waals surface area contributed by atoms with Crippen molar-refractivity contribution in [3.05, 3.63) is 0 Å². The first-order valence-electron chi connectivity index (χ1n) is 10.5. The summed E-state index contributed by atoms with van der Waals surface area (Å²) in [5.74, 6) is 0.939. The molecule has 5 nitrogen and oxygen atoms in total. The van der Waals surface area contributed by atoms with Gasteiger partial charge in [-0.2, -0.15) is 0 Å². The van der Waals surface area contributed by atoms with E-state index in [1.165, 1.54) is 38.5 Å². The number of guanidine groups is 1. The van der Waals surface area contributed by atoms with Crippen LogP contribution >= 0.6 is 0 Å². The van der Waals surface area contributed by atoms with Gasteiger partial charge in [-0.15, -0.1) is 0 Å². The summed E-state index contributed by atoms with van der Waals surface area (Å²) in [5.41, 5.74) is -0.0656. The van der Waals surface area contributed by atoms with Gasteiger partial charge in [-0.25, -0.2) is 0 Å². The predicted octanol–water partition coefficient (Wildman–Crippen LogP) is 2.50. The first-order valence-corrected chi connectivity index (χ1v) is 10.5. The summed E-state index contributed by atoms with van der Waals surface area (Å²) in [6, 6.07) is 1.98. The van der Waals surface area contributed by atoms with Crippen LogP contribution in [0.3, 0.4) is 0 Å². The first-order chi connectivity index (χ1) is 12.0. The highest BCUT2D eigenvalue weighted by atomic mass is 16.3. The third kappa shape index (κ3) is 4.48. The second-order valence-electron chi connectivity index (χ2n) is 8.83. The molecule has 5 heteroatoms. The smallest absolute Gasteiger partial charge is 0.191 e. The maximum absolute atomic E-state index is 10.4. The van der Waals surface area contributed by atoms with Gasteiger partial charge in [-0.05, 0) is 52.5 Å². The van der Waals surface area contributed by atoms with Crippen LogP contribution in [0.5, 0.6) is 0 Å². The Bertz CT molecular complexity index is 455. The van der Waals surface area contributed by atoms with Crippen LogP contribution in [-0.4, -0.2) is 60.3 Å². The lowest BCUT2D eigenvalue weighted by Crippen LogP contribution is -2.56. The number of aliphatic imine (C=N–C) groups is 1. The summed E-state index contributed by atoms with van der Waals surface area (Å²) in [4.78, 5) is 7.49. The van der Waals surface area contributed by atoms with Crippen molar-refractivity contribution in [1.82, 2.24) is 15.5 Å². The Morgan fingerprint density at radius 2 is 1.88 bits per heavy atom. The summed E-state index contributed by atoms with van der Waals surface area (Å²) in [5, 5.41) is 17.5. The topological polar surface area (TPSA) is 59.9 Å². The van der Waals surface area contributed by atoms with E-state index in [4.69, 9.17) is 4.99 Å². The van der Waals surface area contributed by atoms with Crippen LogP contribution in [0, 0.1) is 5.41 Å². The molecule has 2 heterocycles. The zero-order valence-corrected chi connectivity index (χ0v) is 16.4. The van der Waals surface area contributed by atoms with Crippen molar-refractivity contribution in [1.29, 1.82) is 0 Å². The molecule has 1 aliphatic carbocycles. The van der Waals surface area contributed by atoms with E-state index in [9.17, 15) is 5.11 Å². The maximum Gasteiger partial charge on any atom is 0.191 e. The Morgan fingerprint density at radius 1 is 1.16 bits per heavy atom. The number of hydrogen-bond donors (Lipinski definition) is 3. The van der Waals surface area contributed by atoms with E-state index in [-0.39, 0.29) is 11.5 Å². The molecule has 1 saturated carbocycles. The second kappa shape index (κ2) is 8.26. The number of nitrogens with one attached hydrogen (secondary N) is 2. The van der Waals surface area contributed by atoms with Crippen LogP contribution < -0.4 is 10.6 Å². The van der Waals surface area contributed by atoms with E-state index in [0.717, 1.165) is 43.9 Å². The number of rotatable bonds is 4. The van der Waals surface area contributed by atoms with Crippen molar-refractivity contribution in [2.75, 3.05) is 20.1 Å². The van der Waals surface area contributed by atoms with Crippen molar-refractivity contribution < 1.29 is 5.11 Å². The summed E-state index contributed by atoms with van der Waals surface area (Å²) in [7, 11) is 2.30. The molecule has 2 aliphatic heterocycles. The highest BCUT2D eigenvalue weighted by Gasteiger charge is 2.37. The summed E-state index contributed by atoms with van der Waals surface area (Å²) < 4.78 is 0. The van der Waals surface area contributed by atoms with Crippen molar-refractivity contribution in [3.63, 3.8) is 0 Å². The maximum atomic E-state index is 10.4. The van der Waals surface area contributed by atoms with Crippen molar-refractivity contribution in [2.24, 2.45) is 10.4 Å². The lowest BCUT2D eigenvalue weighted by Gasteiger charge is -2.47. The Balaban J connectivity index is 1.61. The van der Waals surface area contributed by atoms with E-state index in [1.807, 2.05) is 0 Å². The van der Waals surface area contributed by atoms with E-state index < -0.39 is 0 Å². The second-order valence-corrected chi connectivity index (χ2v) is 8.83. The standard InChI is InChI=1S/C20H38N4O/c1-4-21-19(22-14-20(2)11-6-5-10-18(20)25)23-15-12-16-8-7-9-17(13-15)24(16)3/h15-18,25H,4-14H2,1-3H3,(H2,21,22,23). The molecule has 2 saturated heterocycles. The lowest BCUT2D eigenvalue weighted by molar-refractivity contribution is 0.00711. The highest BCUT2D eigenvalue weighted by Crippen LogP contribution is 2.36. The zero-order valence-electron chi connectivity index (χ0n) is 16.4. The molecular formula is C20H38N4O. The quantitative estimate of drug-likeness (QED) is 0.539. The minimum absolute atomic E-state index is 0.0656. The van der Waals surface area contributed by atoms with Crippen LogP contribution in [-0.2, 0) is 0 Å². The molecule has 4 unspecified atom stereocenters. The minimum atomic E-state index is -0.212. The average Bonchev–Trinajstić information content (AvgIpc) is 2.57. The lowest BCUT2D eigenvalue weighted by atomic mass is 9.73. The summed E-state index contributed by atoms with van der Waals surface area (Å²) in [6.07, 6.45) is 10.7. The molecule has 0 aromatic heterocycles. The van der Waals surface area contributed by atoms with Crippen molar-refractivity contribution >= 4 is 5.96 Å². The fourth-order valence-corrected chi connectivity index (χ4v) is 5.07. The predicted molar refractivity (Wildman–Crippen MR) is 104 cm³/mol. The molecule has 4 atom stereocenters. The van der Waals surface area contributed by atoms with Crippen LogP contribution in [0.4, 0.5) is 0 Å². The number of nitrogens with zero attached hydrogens (tertiary/aromatic N) is 2. The summed E-state index contributed by atoms with van der Waals surface area (Å²) in [6.45, 7) is 5.91. The molecule has 3 N–H and O–H groups in total. The van der Waals surface area contributed by atoms with Crippen molar-refractivity contribution in [3.8, 4) is 0 Å². The normalized spacial score (nSPS) is 39.9. The SMILES string of the molecule is CCNC(=NCC1(C)CCCCC1O)NC1CC2CCCC(C1)N2C. The van der Waals surface area contributed by atoms with Crippen LogP contribution in [0.15, 0.2) is 4.99 Å². The fraction of sp³-hybridized carbons (Fsp3) is 0.950. The molecular weight excluding hydrogens is 312 g/mol. The van der Waals surface area contributed by atoms with E-state index >= 15 is 0 Å². The zero-order chi connectivity index (χ0) is 17.9. The Labute approximate surface area is 153 Å². The highest BCUT2D eigenvalue weighted by molar-refractivity contribution is 5.80. The minimum Gasteiger partial charge on any atom is -0.392 e. The van der Waals surface area contributed by atoms with Gasteiger partial charge in [-0.1, -0.05) is 26.2 Å². The molecule has 25 heavy (non-hydrogen) atoms. The molecule has 0 aromatic rings. The molecule has 0 aromatic carbocycles. The van der Waals surface area contributed by atoms with Gasteiger partial charge in [0.05, 0.1) is 12.6 Å². The number of hydrogen-bond acceptors (Lipinski definition) is 3. The average molecular weight is 351 g/mol. The monoisotopic (exact) mass is 350 g/mol. The van der Waals surface area contributed by atoms with Gasteiger partial charge in [0.25, 0.3) is 0 Å². The Hall–Kier alpha value is -0.810. The molecule has 144 valence electrons. The van der Waals surface area contributed by atoms with Gasteiger partial charge in [0.15, 0.2) is 5.96 Å². The fourth-order valence-electron chi connectivity index (χ4n) is 5.07. The molecule has 3 fully saturated rings. The third-order valence-electron chi connectivity index (χ3n) is 6.90. The third-order valence-corrected chi connectivity index (χ3v) is 6.90. The number of fused-ring (bicyclic) bond motifs is 2. The number of aliphatic hydroxyl groups is 1. The van der Waals surface area contributed by atoms with Gasteiger partial charge in [0.1, 0.15) is 0 Å². The molecule has 0 amide bonds. The number of piperidine rings is 2. The first kappa shape index (κ1) is 19.0. The van der Waals surface area contributed by atoms with Gasteiger partial charge in [0, 0.05) is 30.1 Å². The van der Waals surface area contributed by atoms with Gasteiger partial charge < -0.3 is 20.6 Å². The van der Waals surface area contributed by atoms with E-state index in [1.54, 1.807) is 0 Å². The van der Waals surface area contributed by atoms with E-state index in [0.29, 0.717) is 12.6 Å². The van der Waals surface area contributed by atoms with Gasteiger partial charge in [0.2, 0.25) is 0 Å². The molecule has 3 aliphatic rings. The Morgan fingerprint density at radius 3 is 2.52 bits per heavy atom.